The highest BCUT2D eigenvalue weighted by Crippen LogP contribution is 2.21. The van der Waals surface area contributed by atoms with Crippen LogP contribution in [0.2, 0.25) is 0 Å². The number of nitrogens with zero attached hydrogens (tertiary/aromatic N) is 5. The fraction of sp³-hybridized carbons (Fsp3) is 0.545. The van der Waals surface area contributed by atoms with Crippen LogP contribution in [0.3, 0.4) is 0 Å². The van der Waals surface area contributed by atoms with Gasteiger partial charge in [0.15, 0.2) is 11.5 Å². The summed E-state index contributed by atoms with van der Waals surface area (Å²) in [6.07, 6.45) is 1.51. The van der Waals surface area contributed by atoms with Gasteiger partial charge in [-0.05, 0) is 0 Å². The van der Waals surface area contributed by atoms with Gasteiger partial charge in [0.1, 0.15) is 11.8 Å². The van der Waals surface area contributed by atoms with Crippen LogP contribution in [-0.4, -0.2) is 45.4 Å². The van der Waals surface area contributed by atoms with E-state index in [0.717, 1.165) is 24.4 Å². The van der Waals surface area contributed by atoms with E-state index in [2.05, 4.69) is 14.9 Å². The number of anilines is 1. The Bertz CT molecular complexity index is 639. The molecule has 0 N–H and O–H groups in total. The van der Waals surface area contributed by atoms with Crippen LogP contribution < -0.4 is 10.6 Å². The predicted octanol–water partition coefficient (Wildman–Crippen LogP) is -0.496. The summed E-state index contributed by atoms with van der Waals surface area (Å²) in [5.74, 6) is 0.809. The molecule has 1 saturated heterocycles. The van der Waals surface area contributed by atoms with Gasteiger partial charge in [-0.25, -0.2) is 14.8 Å². The van der Waals surface area contributed by atoms with Crippen molar-refractivity contribution in [1.82, 2.24) is 19.1 Å². The van der Waals surface area contributed by atoms with Crippen LogP contribution in [0.4, 0.5) is 5.82 Å². The van der Waals surface area contributed by atoms with Gasteiger partial charge in [0.2, 0.25) is 0 Å². The molecule has 0 amide bonds. The number of fused-ring (bicyclic) bond motifs is 1. The summed E-state index contributed by atoms with van der Waals surface area (Å²) in [5, 5.41) is 0. The Morgan fingerprint density at radius 3 is 2.61 bits per heavy atom. The van der Waals surface area contributed by atoms with Gasteiger partial charge in [-0.1, -0.05) is 0 Å². The monoisotopic (exact) mass is 249 g/mol. The normalized spacial score (nSPS) is 16.4. The minimum atomic E-state index is -0.0833. The smallest absolute Gasteiger partial charge is 0.329 e. The fourth-order valence-electron chi connectivity index (χ4n) is 2.32. The van der Waals surface area contributed by atoms with Crippen molar-refractivity contribution < 1.29 is 4.74 Å². The molecule has 7 heteroatoms. The summed E-state index contributed by atoms with van der Waals surface area (Å²) in [6, 6.07) is 0. The number of hydrogen-bond donors (Lipinski definition) is 0. The maximum absolute atomic E-state index is 11.9. The minimum absolute atomic E-state index is 0.0833. The van der Waals surface area contributed by atoms with E-state index in [0.29, 0.717) is 18.9 Å². The van der Waals surface area contributed by atoms with E-state index in [9.17, 15) is 4.79 Å². The van der Waals surface area contributed by atoms with Crippen molar-refractivity contribution >= 4 is 17.0 Å². The lowest BCUT2D eigenvalue weighted by Gasteiger charge is -2.28. The first-order valence-corrected chi connectivity index (χ1v) is 5.89. The van der Waals surface area contributed by atoms with E-state index in [1.165, 1.54) is 6.33 Å². The summed E-state index contributed by atoms with van der Waals surface area (Å²) in [5.41, 5.74) is 1.37. The highest BCUT2D eigenvalue weighted by atomic mass is 16.5. The Morgan fingerprint density at radius 2 is 1.89 bits per heavy atom. The van der Waals surface area contributed by atoms with Crippen LogP contribution in [0, 0.1) is 0 Å². The lowest BCUT2D eigenvalue weighted by molar-refractivity contribution is 0.122. The summed E-state index contributed by atoms with van der Waals surface area (Å²) >= 11 is 0. The van der Waals surface area contributed by atoms with Gasteiger partial charge >= 0.3 is 5.69 Å². The first kappa shape index (κ1) is 11.2. The first-order chi connectivity index (χ1) is 8.70. The standard InChI is InChI=1S/C11H15N5O2/c1-14-8-9(15(2)11(14)17)12-7-13-10(8)16-3-5-18-6-4-16/h7H,3-6H2,1-2H3. The van der Waals surface area contributed by atoms with E-state index in [1.54, 1.807) is 23.2 Å². The highest BCUT2D eigenvalue weighted by molar-refractivity contribution is 5.84. The second-order valence-corrected chi connectivity index (χ2v) is 4.37. The molecule has 1 aliphatic rings. The molecular formula is C11H15N5O2. The van der Waals surface area contributed by atoms with Gasteiger partial charge in [0, 0.05) is 27.2 Å². The van der Waals surface area contributed by atoms with Crippen molar-refractivity contribution in [3.8, 4) is 0 Å². The summed E-state index contributed by atoms with van der Waals surface area (Å²) in [6.45, 7) is 2.95. The molecule has 18 heavy (non-hydrogen) atoms. The van der Waals surface area contributed by atoms with E-state index < -0.39 is 0 Å². The Morgan fingerprint density at radius 1 is 1.17 bits per heavy atom. The Labute approximate surface area is 104 Å². The van der Waals surface area contributed by atoms with Crippen LogP contribution in [0.5, 0.6) is 0 Å². The molecule has 2 aromatic heterocycles. The molecule has 3 heterocycles. The van der Waals surface area contributed by atoms with Gasteiger partial charge in [-0.15, -0.1) is 0 Å². The number of imidazole rings is 1. The molecule has 0 radical (unpaired) electrons. The van der Waals surface area contributed by atoms with E-state index in [1.807, 2.05) is 0 Å². The van der Waals surface area contributed by atoms with Gasteiger partial charge < -0.3 is 9.64 Å². The fourth-order valence-corrected chi connectivity index (χ4v) is 2.32. The molecule has 2 aromatic rings. The van der Waals surface area contributed by atoms with Crippen molar-refractivity contribution in [3.63, 3.8) is 0 Å². The second kappa shape index (κ2) is 4.09. The topological polar surface area (TPSA) is 65.2 Å². The number of ether oxygens (including phenoxy) is 1. The van der Waals surface area contributed by atoms with Crippen molar-refractivity contribution in [2.75, 3.05) is 31.2 Å². The second-order valence-electron chi connectivity index (χ2n) is 4.37. The van der Waals surface area contributed by atoms with Gasteiger partial charge in [-0.2, -0.15) is 0 Å². The summed E-state index contributed by atoms with van der Waals surface area (Å²) < 4.78 is 8.47. The van der Waals surface area contributed by atoms with Crippen molar-refractivity contribution in [3.05, 3.63) is 16.8 Å². The number of aryl methyl sites for hydroxylation is 2. The van der Waals surface area contributed by atoms with Gasteiger partial charge in [-0.3, -0.25) is 9.13 Å². The number of rotatable bonds is 1. The van der Waals surface area contributed by atoms with Crippen LogP contribution in [0.15, 0.2) is 11.1 Å². The number of hydrogen-bond acceptors (Lipinski definition) is 5. The maximum atomic E-state index is 11.9. The van der Waals surface area contributed by atoms with Crippen molar-refractivity contribution in [2.24, 2.45) is 14.1 Å². The zero-order valence-electron chi connectivity index (χ0n) is 10.5. The van der Waals surface area contributed by atoms with Crippen molar-refractivity contribution in [1.29, 1.82) is 0 Å². The molecule has 0 aromatic carbocycles. The molecule has 3 rings (SSSR count). The quantitative estimate of drug-likeness (QED) is 0.682. The average Bonchev–Trinajstić information content (AvgIpc) is 2.65. The zero-order valence-corrected chi connectivity index (χ0v) is 10.5. The highest BCUT2D eigenvalue weighted by Gasteiger charge is 2.20. The molecule has 96 valence electrons. The number of morpholine rings is 1. The minimum Gasteiger partial charge on any atom is -0.378 e. The molecule has 0 atom stereocenters. The Hall–Kier alpha value is -1.89. The average molecular weight is 249 g/mol. The molecule has 1 fully saturated rings. The molecule has 1 aliphatic heterocycles. The first-order valence-electron chi connectivity index (χ1n) is 5.89. The van der Waals surface area contributed by atoms with E-state index in [-0.39, 0.29) is 5.69 Å². The molecular weight excluding hydrogens is 234 g/mol. The van der Waals surface area contributed by atoms with Crippen LogP contribution >= 0.6 is 0 Å². The largest absolute Gasteiger partial charge is 0.378 e. The molecule has 7 nitrogen and oxygen atoms in total. The molecule has 0 spiro atoms. The third-order valence-corrected chi connectivity index (χ3v) is 3.32. The molecule has 0 saturated carbocycles. The molecule has 0 aliphatic carbocycles. The Kier molecular flexibility index (Phi) is 2.55. The van der Waals surface area contributed by atoms with Gasteiger partial charge in [0.25, 0.3) is 0 Å². The van der Waals surface area contributed by atoms with Crippen LogP contribution in [-0.2, 0) is 18.8 Å². The third-order valence-electron chi connectivity index (χ3n) is 3.32. The van der Waals surface area contributed by atoms with Gasteiger partial charge in [0.05, 0.1) is 13.2 Å². The predicted molar refractivity (Wildman–Crippen MR) is 66.8 cm³/mol. The SMILES string of the molecule is Cn1c(=O)n(C)c2c(N3CCOCC3)ncnc21. The third kappa shape index (κ3) is 1.51. The number of aromatic nitrogens is 4. The summed E-state index contributed by atoms with van der Waals surface area (Å²) in [4.78, 5) is 22.6. The lowest BCUT2D eigenvalue weighted by atomic mass is 10.3. The summed E-state index contributed by atoms with van der Waals surface area (Å²) in [7, 11) is 3.47. The molecule has 0 unspecified atom stereocenters. The van der Waals surface area contributed by atoms with Crippen LogP contribution in [0.1, 0.15) is 0 Å². The van der Waals surface area contributed by atoms with E-state index >= 15 is 0 Å². The lowest BCUT2D eigenvalue weighted by Crippen LogP contribution is -2.37. The van der Waals surface area contributed by atoms with Crippen molar-refractivity contribution in [2.45, 2.75) is 0 Å². The van der Waals surface area contributed by atoms with E-state index in [4.69, 9.17) is 4.74 Å². The molecule has 0 bridgehead atoms. The zero-order chi connectivity index (χ0) is 12.7. The maximum Gasteiger partial charge on any atom is 0.329 e. The Balaban J connectivity index is 2.23. The van der Waals surface area contributed by atoms with Crippen LogP contribution in [0.25, 0.3) is 11.2 Å².